The largest absolute Gasteiger partial charge is 0.355 e. The van der Waals surface area contributed by atoms with Crippen LogP contribution in [0.5, 0.6) is 0 Å². The molecule has 0 aliphatic carbocycles. The monoisotopic (exact) mass is 406 g/mol. The van der Waals surface area contributed by atoms with Gasteiger partial charge in [0.25, 0.3) is 0 Å². The van der Waals surface area contributed by atoms with Crippen LogP contribution in [0.25, 0.3) is 11.2 Å². The van der Waals surface area contributed by atoms with Crippen LogP contribution in [0.15, 0.2) is 24.5 Å². The van der Waals surface area contributed by atoms with E-state index in [2.05, 4.69) is 44.9 Å². The molecule has 0 bridgehead atoms. The summed E-state index contributed by atoms with van der Waals surface area (Å²) in [6.07, 6.45) is 9.10. The quantitative estimate of drug-likeness (QED) is 0.686. The van der Waals surface area contributed by atoms with Crippen molar-refractivity contribution >= 4 is 28.5 Å². The molecule has 0 spiro atoms. The summed E-state index contributed by atoms with van der Waals surface area (Å²) in [5.74, 6) is 1.74. The standard InChI is InChI=1S/C22H30N8/c1-3-22(15(2)23)8-12-29(13-9-22)18-14-25-19-20(26-18)27-28-21(19)30-11-5-6-16-17(30)7-4-10-24-16/h4,7,10,14-15H,3,5-6,8-9,11-13,23H2,1-2H3,(H,26,27,28). The van der Waals surface area contributed by atoms with Crippen molar-refractivity contribution in [2.45, 2.75) is 52.0 Å². The third-order valence-electron chi connectivity index (χ3n) is 7.20. The number of nitrogens with zero attached hydrogens (tertiary/aromatic N) is 6. The Morgan fingerprint density at radius 1 is 1.23 bits per heavy atom. The second kappa shape index (κ2) is 7.50. The summed E-state index contributed by atoms with van der Waals surface area (Å²) in [7, 11) is 0. The van der Waals surface area contributed by atoms with Gasteiger partial charge in [0.1, 0.15) is 5.82 Å². The van der Waals surface area contributed by atoms with Gasteiger partial charge in [0, 0.05) is 31.9 Å². The number of hydrogen-bond acceptors (Lipinski definition) is 7. The first kappa shape index (κ1) is 19.2. The van der Waals surface area contributed by atoms with Gasteiger partial charge >= 0.3 is 0 Å². The molecule has 3 aromatic heterocycles. The zero-order chi connectivity index (χ0) is 20.7. The van der Waals surface area contributed by atoms with Crippen LogP contribution in [-0.2, 0) is 6.42 Å². The van der Waals surface area contributed by atoms with Crippen molar-refractivity contribution < 1.29 is 0 Å². The van der Waals surface area contributed by atoms with Gasteiger partial charge in [0.05, 0.1) is 17.6 Å². The Balaban J connectivity index is 1.41. The molecule has 8 nitrogen and oxygen atoms in total. The van der Waals surface area contributed by atoms with Gasteiger partial charge < -0.3 is 15.5 Å². The number of nitrogens with two attached hydrogens (primary N) is 1. The number of rotatable bonds is 4. The first-order valence-corrected chi connectivity index (χ1v) is 11.0. The minimum atomic E-state index is 0.218. The molecule has 0 aromatic carbocycles. The molecule has 8 heteroatoms. The fraction of sp³-hybridized carbons (Fsp3) is 0.545. The highest BCUT2D eigenvalue weighted by Crippen LogP contribution is 2.39. The third-order valence-corrected chi connectivity index (χ3v) is 7.20. The number of aromatic nitrogens is 5. The Bertz CT molecular complexity index is 1030. The van der Waals surface area contributed by atoms with E-state index < -0.39 is 0 Å². The number of aromatic amines is 1. The summed E-state index contributed by atoms with van der Waals surface area (Å²) in [6.45, 7) is 7.23. The molecule has 158 valence electrons. The molecule has 2 aliphatic rings. The molecule has 0 amide bonds. The fourth-order valence-electron chi connectivity index (χ4n) is 5.05. The Kier molecular flexibility index (Phi) is 4.81. The van der Waals surface area contributed by atoms with Gasteiger partial charge in [-0.05, 0) is 56.6 Å². The van der Waals surface area contributed by atoms with E-state index in [-0.39, 0.29) is 11.5 Å². The normalized spacial score (nSPS) is 19.7. The van der Waals surface area contributed by atoms with Gasteiger partial charge in [0.2, 0.25) is 0 Å². The summed E-state index contributed by atoms with van der Waals surface area (Å²) < 4.78 is 0. The molecule has 2 aliphatic heterocycles. The highest BCUT2D eigenvalue weighted by atomic mass is 15.3. The minimum absolute atomic E-state index is 0.218. The van der Waals surface area contributed by atoms with E-state index in [1.165, 1.54) is 0 Å². The zero-order valence-electron chi connectivity index (χ0n) is 17.8. The number of pyridine rings is 1. The van der Waals surface area contributed by atoms with Gasteiger partial charge in [-0.1, -0.05) is 6.92 Å². The first-order chi connectivity index (χ1) is 14.6. The maximum atomic E-state index is 6.31. The van der Waals surface area contributed by atoms with Gasteiger partial charge in [-0.25, -0.2) is 9.97 Å². The van der Waals surface area contributed by atoms with Gasteiger partial charge in [-0.15, -0.1) is 0 Å². The molecule has 3 N–H and O–H groups in total. The minimum Gasteiger partial charge on any atom is -0.355 e. The molecule has 5 heterocycles. The number of anilines is 3. The summed E-state index contributed by atoms with van der Waals surface area (Å²) in [5, 5.41) is 7.69. The number of piperidine rings is 1. The van der Waals surface area contributed by atoms with Crippen molar-refractivity contribution in [3.63, 3.8) is 0 Å². The zero-order valence-corrected chi connectivity index (χ0v) is 17.8. The van der Waals surface area contributed by atoms with Crippen LogP contribution in [0.4, 0.5) is 17.3 Å². The predicted molar refractivity (Wildman–Crippen MR) is 119 cm³/mol. The Morgan fingerprint density at radius 3 is 2.83 bits per heavy atom. The number of nitrogens with one attached hydrogen (secondary N) is 1. The highest BCUT2D eigenvalue weighted by molar-refractivity contribution is 5.87. The Hall–Kier alpha value is -2.74. The molecular weight excluding hydrogens is 376 g/mol. The van der Waals surface area contributed by atoms with Crippen molar-refractivity contribution in [3.8, 4) is 0 Å². The summed E-state index contributed by atoms with van der Waals surface area (Å²) in [4.78, 5) is 18.7. The SMILES string of the molecule is CCC1(C(C)N)CCN(c2cnc3c(N4CCCc5ncccc54)n[nH]c3n2)CC1. The molecule has 0 radical (unpaired) electrons. The lowest BCUT2D eigenvalue weighted by Crippen LogP contribution is -2.48. The molecule has 1 saturated heterocycles. The van der Waals surface area contributed by atoms with E-state index in [9.17, 15) is 0 Å². The topological polar surface area (TPSA) is 99.9 Å². The first-order valence-electron chi connectivity index (χ1n) is 11.0. The lowest BCUT2D eigenvalue weighted by Gasteiger charge is -2.44. The second-order valence-corrected chi connectivity index (χ2v) is 8.69. The van der Waals surface area contributed by atoms with E-state index in [1.807, 2.05) is 18.5 Å². The average molecular weight is 407 g/mol. The van der Waals surface area contributed by atoms with Crippen molar-refractivity contribution in [2.75, 3.05) is 29.4 Å². The van der Waals surface area contributed by atoms with E-state index in [1.54, 1.807) is 0 Å². The van der Waals surface area contributed by atoms with Crippen molar-refractivity contribution in [1.82, 2.24) is 25.1 Å². The molecule has 1 fully saturated rings. The number of hydrogen-bond donors (Lipinski definition) is 2. The van der Waals surface area contributed by atoms with Crippen molar-refractivity contribution in [2.24, 2.45) is 11.1 Å². The van der Waals surface area contributed by atoms with Crippen molar-refractivity contribution in [3.05, 3.63) is 30.2 Å². The van der Waals surface area contributed by atoms with E-state index in [4.69, 9.17) is 15.7 Å². The Morgan fingerprint density at radius 2 is 2.07 bits per heavy atom. The molecule has 3 aromatic rings. The lowest BCUT2D eigenvalue weighted by molar-refractivity contribution is 0.169. The van der Waals surface area contributed by atoms with Gasteiger partial charge in [-0.2, -0.15) is 5.10 Å². The molecule has 30 heavy (non-hydrogen) atoms. The van der Waals surface area contributed by atoms with Crippen molar-refractivity contribution in [1.29, 1.82) is 0 Å². The van der Waals surface area contributed by atoms with Crippen LogP contribution in [0.3, 0.4) is 0 Å². The Labute approximate surface area is 176 Å². The summed E-state index contributed by atoms with van der Waals surface area (Å²) in [6, 6.07) is 4.30. The van der Waals surface area contributed by atoms with Crippen LogP contribution < -0.4 is 15.5 Å². The highest BCUT2D eigenvalue weighted by Gasteiger charge is 2.36. The second-order valence-electron chi connectivity index (χ2n) is 8.69. The maximum absolute atomic E-state index is 6.31. The summed E-state index contributed by atoms with van der Waals surface area (Å²) in [5.41, 5.74) is 10.3. The van der Waals surface area contributed by atoms with Gasteiger partial charge in [0.15, 0.2) is 17.0 Å². The maximum Gasteiger partial charge on any atom is 0.183 e. The lowest BCUT2D eigenvalue weighted by atomic mass is 9.71. The van der Waals surface area contributed by atoms with E-state index >= 15 is 0 Å². The third kappa shape index (κ3) is 3.10. The smallest absolute Gasteiger partial charge is 0.183 e. The van der Waals surface area contributed by atoms with Crippen LogP contribution >= 0.6 is 0 Å². The summed E-state index contributed by atoms with van der Waals surface area (Å²) >= 11 is 0. The number of aryl methyl sites for hydroxylation is 1. The number of H-pyrrole nitrogens is 1. The van der Waals surface area contributed by atoms with E-state index in [0.717, 1.165) is 85.9 Å². The predicted octanol–water partition coefficient (Wildman–Crippen LogP) is 3.18. The van der Waals surface area contributed by atoms with Crippen LogP contribution in [0, 0.1) is 5.41 Å². The van der Waals surface area contributed by atoms with Crippen LogP contribution in [-0.4, -0.2) is 50.8 Å². The molecule has 1 unspecified atom stereocenters. The number of fused-ring (bicyclic) bond motifs is 2. The van der Waals surface area contributed by atoms with Crippen LogP contribution in [0.1, 0.15) is 45.2 Å². The molecule has 5 rings (SSSR count). The molecular formula is C22H30N8. The van der Waals surface area contributed by atoms with Gasteiger partial charge in [-0.3, -0.25) is 10.1 Å². The van der Waals surface area contributed by atoms with E-state index in [0.29, 0.717) is 0 Å². The fourth-order valence-corrected chi connectivity index (χ4v) is 5.05. The molecule has 1 atom stereocenters. The van der Waals surface area contributed by atoms with Crippen LogP contribution in [0.2, 0.25) is 0 Å². The average Bonchev–Trinajstić information content (AvgIpc) is 3.21. The molecule has 0 saturated carbocycles.